The molecule has 0 fully saturated rings. The highest BCUT2D eigenvalue weighted by Crippen LogP contribution is 2.05. The van der Waals surface area contributed by atoms with E-state index in [1.165, 1.54) is 0 Å². The monoisotopic (exact) mass is 231 g/mol. The van der Waals surface area contributed by atoms with Gasteiger partial charge in [0.1, 0.15) is 6.04 Å². The molecule has 4 heteroatoms. The van der Waals surface area contributed by atoms with Gasteiger partial charge in [-0.2, -0.15) is 0 Å². The number of carbonyl (C=O) groups is 1. The number of rotatable bonds is 8. The number of hydrogen-bond donors (Lipinski definition) is 1. The van der Waals surface area contributed by atoms with Crippen molar-refractivity contribution in [3.63, 3.8) is 0 Å². The van der Waals surface area contributed by atoms with E-state index in [0.29, 0.717) is 32.0 Å². The van der Waals surface area contributed by atoms with Crippen LogP contribution in [0.15, 0.2) is 0 Å². The first kappa shape index (κ1) is 15.4. The normalized spacial score (nSPS) is 14.9. The summed E-state index contributed by atoms with van der Waals surface area (Å²) in [6.07, 6.45) is 1.51. The van der Waals surface area contributed by atoms with Crippen molar-refractivity contribution in [1.82, 2.24) is 0 Å². The first-order valence-electron chi connectivity index (χ1n) is 6.01. The minimum atomic E-state index is -0.498. The van der Waals surface area contributed by atoms with Crippen molar-refractivity contribution in [1.29, 1.82) is 0 Å². The van der Waals surface area contributed by atoms with Gasteiger partial charge >= 0.3 is 5.97 Å². The van der Waals surface area contributed by atoms with Gasteiger partial charge in [0, 0.05) is 13.0 Å². The fraction of sp³-hybridized carbons (Fsp3) is 0.917. The lowest BCUT2D eigenvalue weighted by Gasteiger charge is -2.15. The largest absolute Gasteiger partial charge is 0.464 e. The molecular weight excluding hydrogens is 206 g/mol. The van der Waals surface area contributed by atoms with Gasteiger partial charge in [-0.05, 0) is 26.2 Å². The van der Waals surface area contributed by atoms with E-state index in [2.05, 4.69) is 0 Å². The molecule has 0 aliphatic carbocycles. The van der Waals surface area contributed by atoms with Gasteiger partial charge in [0.05, 0.1) is 12.7 Å². The van der Waals surface area contributed by atoms with Gasteiger partial charge in [-0.25, -0.2) is 0 Å². The van der Waals surface area contributed by atoms with Crippen LogP contribution in [0.3, 0.4) is 0 Å². The number of carbonyl (C=O) groups excluding carboxylic acids is 1. The Kier molecular flexibility index (Phi) is 8.21. The predicted molar refractivity (Wildman–Crippen MR) is 64.1 cm³/mol. The molecule has 2 atom stereocenters. The quantitative estimate of drug-likeness (QED) is 0.646. The summed E-state index contributed by atoms with van der Waals surface area (Å²) in [6.45, 7) is 9.04. The van der Waals surface area contributed by atoms with Crippen LogP contribution in [0.25, 0.3) is 0 Å². The average molecular weight is 231 g/mol. The van der Waals surface area contributed by atoms with E-state index >= 15 is 0 Å². The second kappa shape index (κ2) is 8.53. The minimum absolute atomic E-state index is 0.124. The number of nitrogens with two attached hydrogens (primary N) is 1. The molecule has 0 bridgehead atoms. The molecule has 96 valence electrons. The van der Waals surface area contributed by atoms with E-state index in [4.69, 9.17) is 15.2 Å². The molecule has 16 heavy (non-hydrogen) atoms. The minimum Gasteiger partial charge on any atom is -0.464 e. The fourth-order valence-electron chi connectivity index (χ4n) is 1.40. The highest BCUT2D eigenvalue weighted by Gasteiger charge is 2.16. The molecule has 2 N–H and O–H groups in total. The Balaban J connectivity index is 3.64. The smallest absolute Gasteiger partial charge is 0.322 e. The van der Waals surface area contributed by atoms with Crippen LogP contribution in [0, 0.1) is 5.92 Å². The molecule has 0 amide bonds. The predicted octanol–water partition coefficient (Wildman–Crippen LogP) is 1.72. The fourth-order valence-corrected chi connectivity index (χ4v) is 1.40. The van der Waals surface area contributed by atoms with Gasteiger partial charge in [-0.3, -0.25) is 4.79 Å². The third-order valence-corrected chi connectivity index (χ3v) is 2.25. The lowest BCUT2D eigenvalue weighted by molar-refractivity contribution is -0.146. The Morgan fingerprint density at radius 3 is 2.44 bits per heavy atom. The molecule has 0 aliphatic heterocycles. The first-order chi connectivity index (χ1) is 7.47. The zero-order chi connectivity index (χ0) is 12.6. The molecule has 0 aromatic heterocycles. The summed E-state index contributed by atoms with van der Waals surface area (Å²) < 4.78 is 10.4. The Morgan fingerprint density at radius 2 is 1.94 bits per heavy atom. The van der Waals surface area contributed by atoms with Crippen molar-refractivity contribution in [2.24, 2.45) is 11.7 Å². The maximum absolute atomic E-state index is 11.4. The number of hydrogen-bond acceptors (Lipinski definition) is 4. The molecule has 0 spiro atoms. The standard InChI is InChI=1S/C12H25NO3/c1-5-15-10(4)6-7-16-12(14)11(13)8-9(2)3/h9-11H,5-8,13H2,1-4H3. The van der Waals surface area contributed by atoms with E-state index in [9.17, 15) is 4.79 Å². The summed E-state index contributed by atoms with van der Waals surface area (Å²) in [5.41, 5.74) is 5.69. The van der Waals surface area contributed by atoms with Crippen molar-refractivity contribution in [3.8, 4) is 0 Å². The molecule has 2 unspecified atom stereocenters. The van der Waals surface area contributed by atoms with Crippen molar-refractivity contribution >= 4 is 5.97 Å². The second-order valence-electron chi connectivity index (χ2n) is 4.46. The topological polar surface area (TPSA) is 61.5 Å². The van der Waals surface area contributed by atoms with Crippen LogP contribution < -0.4 is 5.73 Å². The molecule has 0 rings (SSSR count). The lowest BCUT2D eigenvalue weighted by Crippen LogP contribution is -2.34. The van der Waals surface area contributed by atoms with Gasteiger partial charge in [0.25, 0.3) is 0 Å². The van der Waals surface area contributed by atoms with E-state index in [1.54, 1.807) is 0 Å². The summed E-state index contributed by atoms with van der Waals surface area (Å²) in [7, 11) is 0. The zero-order valence-electron chi connectivity index (χ0n) is 10.9. The lowest BCUT2D eigenvalue weighted by atomic mass is 10.1. The van der Waals surface area contributed by atoms with E-state index in [-0.39, 0.29) is 12.1 Å². The molecular formula is C12H25NO3. The summed E-state index contributed by atoms with van der Waals surface area (Å²) in [5, 5.41) is 0. The molecule has 0 saturated heterocycles. The first-order valence-corrected chi connectivity index (χ1v) is 6.01. The van der Waals surface area contributed by atoms with E-state index in [1.807, 2.05) is 27.7 Å². The maximum Gasteiger partial charge on any atom is 0.322 e. The van der Waals surface area contributed by atoms with Crippen LogP contribution in [-0.2, 0) is 14.3 Å². The highest BCUT2D eigenvalue weighted by molar-refractivity contribution is 5.75. The van der Waals surface area contributed by atoms with Gasteiger partial charge in [-0.1, -0.05) is 13.8 Å². The highest BCUT2D eigenvalue weighted by atomic mass is 16.5. The Bertz CT molecular complexity index is 195. The van der Waals surface area contributed by atoms with E-state index in [0.717, 1.165) is 0 Å². The molecule has 0 aliphatic rings. The van der Waals surface area contributed by atoms with Crippen molar-refractivity contribution < 1.29 is 14.3 Å². The summed E-state index contributed by atoms with van der Waals surface area (Å²) in [4.78, 5) is 11.4. The van der Waals surface area contributed by atoms with Gasteiger partial charge in [0.15, 0.2) is 0 Å². The van der Waals surface area contributed by atoms with Gasteiger partial charge in [0.2, 0.25) is 0 Å². The number of esters is 1. The summed E-state index contributed by atoms with van der Waals surface area (Å²) in [5.74, 6) is 0.0993. The number of ether oxygens (including phenoxy) is 2. The van der Waals surface area contributed by atoms with Crippen LogP contribution in [0.2, 0.25) is 0 Å². The molecule has 0 radical (unpaired) electrons. The third-order valence-electron chi connectivity index (χ3n) is 2.25. The third kappa shape index (κ3) is 7.65. The molecule has 0 aromatic carbocycles. The van der Waals surface area contributed by atoms with Crippen molar-refractivity contribution in [2.75, 3.05) is 13.2 Å². The summed E-state index contributed by atoms with van der Waals surface area (Å²) >= 11 is 0. The van der Waals surface area contributed by atoms with Crippen LogP contribution in [0.1, 0.15) is 40.5 Å². The molecule has 0 heterocycles. The Labute approximate surface area is 98.5 Å². The van der Waals surface area contributed by atoms with Crippen LogP contribution in [0.4, 0.5) is 0 Å². The maximum atomic E-state index is 11.4. The van der Waals surface area contributed by atoms with Crippen molar-refractivity contribution in [2.45, 2.75) is 52.7 Å². The van der Waals surface area contributed by atoms with Crippen molar-refractivity contribution in [3.05, 3.63) is 0 Å². The Morgan fingerprint density at radius 1 is 1.31 bits per heavy atom. The summed E-state index contributed by atoms with van der Waals surface area (Å²) in [6, 6.07) is -0.498. The average Bonchev–Trinajstić information content (AvgIpc) is 2.16. The molecule has 0 saturated carbocycles. The zero-order valence-corrected chi connectivity index (χ0v) is 10.9. The van der Waals surface area contributed by atoms with Gasteiger partial charge in [-0.15, -0.1) is 0 Å². The van der Waals surface area contributed by atoms with E-state index < -0.39 is 6.04 Å². The Hall–Kier alpha value is -0.610. The van der Waals surface area contributed by atoms with Crippen LogP contribution >= 0.6 is 0 Å². The SMILES string of the molecule is CCOC(C)CCOC(=O)C(N)CC(C)C. The van der Waals surface area contributed by atoms with Gasteiger partial charge < -0.3 is 15.2 Å². The second-order valence-corrected chi connectivity index (χ2v) is 4.46. The van der Waals surface area contributed by atoms with Crippen LogP contribution in [-0.4, -0.2) is 31.3 Å². The molecule has 0 aromatic rings. The van der Waals surface area contributed by atoms with Crippen LogP contribution in [0.5, 0.6) is 0 Å². The molecule has 4 nitrogen and oxygen atoms in total.